The Labute approximate surface area is 123 Å². The second kappa shape index (κ2) is 6.50. The normalized spacial score (nSPS) is 10.8. The van der Waals surface area contributed by atoms with Crippen LogP contribution in [-0.4, -0.2) is 22.8 Å². The Morgan fingerprint density at radius 2 is 2.15 bits per heavy atom. The average molecular weight is 289 g/mol. The molecular formula is C15H17ClN4. The number of nitrogens with one attached hydrogen (secondary N) is 1. The Morgan fingerprint density at radius 3 is 2.75 bits per heavy atom. The maximum Gasteiger partial charge on any atom is 0.122 e. The monoisotopic (exact) mass is 288 g/mol. The lowest BCUT2D eigenvalue weighted by Gasteiger charge is -2.17. The highest BCUT2D eigenvalue weighted by molar-refractivity contribution is 6.31. The van der Waals surface area contributed by atoms with Crippen molar-refractivity contribution in [2.24, 2.45) is 5.73 Å². The van der Waals surface area contributed by atoms with Gasteiger partial charge in [-0.1, -0.05) is 29.8 Å². The summed E-state index contributed by atoms with van der Waals surface area (Å²) < 4.78 is 0. The number of benzene rings is 1. The van der Waals surface area contributed by atoms with Crippen LogP contribution in [0.25, 0.3) is 0 Å². The molecule has 2 aromatic rings. The Bertz CT molecular complexity index is 598. The number of aromatic nitrogens is 1. The number of nitrogens with two attached hydrogens (primary N) is 1. The number of amidine groups is 1. The molecule has 0 aliphatic carbocycles. The van der Waals surface area contributed by atoms with Crippen LogP contribution in [-0.2, 0) is 13.1 Å². The van der Waals surface area contributed by atoms with Gasteiger partial charge in [-0.3, -0.25) is 15.3 Å². The fraction of sp³-hybridized carbons (Fsp3) is 0.200. The van der Waals surface area contributed by atoms with Crippen LogP contribution in [0.15, 0.2) is 42.7 Å². The first-order valence-corrected chi connectivity index (χ1v) is 6.64. The van der Waals surface area contributed by atoms with Gasteiger partial charge in [-0.2, -0.15) is 0 Å². The summed E-state index contributed by atoms with van der Waals surface area (Å²) in [6.45, 7) is 1.53. The number of pyridine rings is 1. The van der Waals surface area contributed by atoms with Gasteiger partial charge < -0.3 is 5.73 Å². The summed E-state index contributed by atoms with van der Waals surface area (Å²) in [7, 11) is 2.03. The van der Waals surface area contributed by atoms with Crippen molar-refractivity contribution in [1.82, 2.24) is 9.88 Å². The van der Waals surface area contributed by atoms with Gasteiger partial charge in [0.25, 0.3) is 0 Å². The molecule has 0 saturated carbocycles. The van der Waals surface area contributed by atoms with Crippen molar-refractivity contribution >= 4 is 17.4 Å². The number of nitrogens with zero attached hydrogens (tertiary/aromatic N) is 2. The van der Waals surface area contributed by atoms with Crippen molar-refractivity contribution in [2.45, 2.75) is 13.1 Å². The summed E-state index contributed by atoms with van der Waals surface area (Å²) in [6, 6.07) is 9.44. The molecule has 0 spiro atoms. The third-order valence-electron chi connectivity index (χ3n) is 2.98. The van der Waals surface area contributed by atoms with Gasteiger partial charge >= 0.3 is 0 Å². The predicted molar refractivity (Wildman–Crippen MR) is 81.9 cm³/mol. The van der Waals surface area contributed by atoms with E-state index in [1.807, 2.05) is 37.5 Å². The highest BCUT2D eigenvalue weighted by atomic mass is 35.5. The van der Waals surface area contributed by atoms with E-state index in [1.165, 1.54) is 0 Å². The molecule has 0 unspecified atom stereocenters. The zero-order valence-corrected chi connectivity index (χ0v) is 12.1. The van der Waals surface area contributed by atoms with E-state index in [2.05, 4.69) is 9.88 Å². The molecule has 0 aliphatic heterocycles. The zero-order chi connectivity index (χ0) is 14.5. The topological polar surface area (TPSA) is 66.0 Å². The van der Waals surface area contributed by atoms with Crippen molar-refractivity contribution in [3.8, 4) is 0 Å². The minimum absolute atomic E-state index is 0.0298. The molecule has 20 heavy (non-hydrogen) atoms. The second-order valence-electron chi connectivity index (χ2n) is 4.75. The molecule has 0 amide bonds. The SMILES string of the molecule is CN(Cc1cccnc1)Cc1ccc(C(=N)N)cc1Cl. The maximum atomic E-state index is 7.39. The molecular weight excluding hydrogens is 272 g/mol. The van der Waals surface area contributed by atoms with Crippen molar-refractivity contribution in [2.75, 3.05) is 7.05 Å². The van der Waals surface area contributed by atoms with Crippen molar-refractivity contribution in [3.63, 3.8) is 0 Å². The molecule has 1 aromatic heterocycles. The Hall–Kier alpha value is -1.91. The summed E-state index contributed by atoms with van der Waals surface area (Å²) in [5.41, 5.74) is 8.27. The molecule has 0 atom stereocenters. The van der Waals surface area contributed by atoms with Crippen LogP contribution in [0.3, 0.4) is 0 Å². The Balaban J connectivity index is 2.04. The van der Waals surface area contributed by atoms with Crippen LogP contribution in [0.2, 0.25) is 5.02 Å². The van der Waals surface area contributed by atoms with E-state index in [9.17, 15) is 0 Å². The van der Waals surface area contributed by atoms with E-state index in [0.717, 1.165) is 24.2 Å². The Kier molecular flexibility index (Phi) is 4.71. The molecule has 5 heteroatoms. The quantitative estimate of drug-likeness (QED) is 0.656. The highest BCUT2D eigenvalue weighted by Crippen LogP contribution is 2.19. The lowest BCUT2D eigenvalue weighted by Crippen LogP contribution is -2.18. The number of nitrogen functional groups attached to an aromatic ring is 1. The zero-order valence-electron chi connectivity index (χ0n) is 11.3. The molecule has 3 N–H and O–H groups in total. The van der Waals surface area contributed by atoms with Crippen molar-refractivity contribution < 1.29 is 0 Å². The molecule has 0 aliphatic rings. The fourth-order valence-electron chi connectivity index (χ4n) is 1.99. The van der Waals surface area contributed by atoms with Crippen LogP contribution >= 0.6 is 11.6 Å². The smallest absolute Gasteiger partial charge is 0.122 e. The van der Waals surface area contributed by atoms with E-state index >= 15 is 0 Å². The largest absolute Gasteiger partial charge is 0.384 e. The van der Waals surface area contributed by atoms with Gasteiger partial charge in [0.1, 0.15) is 5.84 Å². The minimum atomic E-state index is 0.0298. The molecule has 0 fully saturated rings. The van der Waals surface area contributed by atoms with Crippen molar-refractivity contribution in [1.29, 1.82) is 5.41 Å². The summed E-state index contributed by atoms with van der Waals surface area (Å²) in [4.78, 5) is 6.26. The summed E-state index contributed by atoms with van der Waals surface area (Å²) in [5, 5.41) is 8.03. The third-order valence-corrected chi connectivity index (χ3v) is 3.33. The molecule has 0 bridgehead atoms. The number of rotatable bonds is 5. The van der Waals surface area contributed by atoms with Gasteiger partial charge in [0.2, 0.25) is 0 Å². The fourth-order valence-corrected chi connectivity index (χ4v) is 2.23. The molecule has 0 saturated heterocycles. The van der Waals surface area contributed by atoms with Gasteiger partial charge in [0.15, 0.2) is 0 Å². The van der Waals surface area contributed by atoms with Crippen LogP contribution < -0.4 is 5.73 Å². The van der Waals surface area contributed by atoms with E-state index in [1.54, 1.807) is 12.3 Å². The van der Waals surface area contributed by atoms with Crippen molar-refractivity contribution in [3.05, 3.63) is 64.4 Å². The molecule has 1 heterocycles. The van der Waals surface area contributed by atoms with Gasteiger partial charge in [-0.05, 0) is 30.3 Å². The molecule has 0 radical (unpaired) electrons. The third kappa shape index (κ3) is 3.79. The molecule has 2 rings (SSSR count). The lowest BCUT2D eigenvalue weighted by atomic mass is 10.1. The second-order valence-corrected chi connectivity index (χ2v) is 5.16. The lowest BCUT2D eigenvalue weighted by molar-refractivity contribution is 0.319. The van der Waals surface area contributed by atoms with Crippen LogP contribution in [0.4, 0.5) is 0 Å². The summed E-state index contributed by atoms with van der Waals surface area (Å²) >= 11 is 6.23. The van der Waals surface area contributed by atoms with E-state index in [0.29, 0.717) is 10.6 Å². The first-order valence-electron chi connectivity index (χ1n) is 6.26. The average Bonchev–Trinajstić information content (AvgIpc) is 2.42. The first kappa shape index (κ1) is 14.5. The number of halogens is 1. The molecule has 104 valence electrons. The predicted octanol–water partition coefficient (Wildman–Crippen LogP) is 2.65. The number of hydrogen-bond donors (Lipinski definition) is 2. The maximum absolute atomic E-state index is 7.39. The van der Waals surface area contributed by atoms with E-state index in [-0.39, 0.29) is 5.84 Å². The minimum Gasteiger partial charge on any atom is -0.384 e. The van der Waals surface area contributed by atoms with Gasteiger partial charge in [-0.25, -0.2) is 0 Å². The summed E-state index contributed by atoms with van der Waals surface area (Å²) in [5.74, 6) is 0.0298. The number of hydrogen-bond acceptors (Lipinski definition) is 3. The van der Waals surface area contributed by atoms with E-state index < -0.39 is 0 Å². The molecule has 1 aromatic carbocycles. The first-order chi connectivity index (χ1) is 9.56. The van der Waals surface area contributed by atoms with Gasteiger partial charge in [0.05, 0.1) is 0 Å². The van der Waals surface area contributed by atoms with Gasteiger partial charge in [0, 0.05) is 36.1 Å². The van der Waals surface area contributed by atoms with Gasteiger partial charge in [-0.15, -0.1) is 0 Å². The van der Waals surface area contributed by atoms with Crippen LogP contribution in [0.1, 0.15) is 16.7 Å². The van der Waals surface area contributed by atoms with Crippen LogP contribution in [0.5, 0.6) is 0 Å². The highest BCUT2D eigenvalue weighted by Gasteiger charge is 2.07. The Morgan fingerprint density at radius 1 is 1.35 bits per heavy atom. The van der Waals surface area contributed by atoms with E-state index in [4.69, 9.17) is 22.7 Å². The van der Waals surface area contributed by atoms with Crippen LogP contribution in [0, 0.1) is 5.41 Å². The molecule has 4 nitrogen and oxygen atoms in total. The standard InChI is InChI=1S/C15H17ClN4/c1-20(9-11-3-2-6-19-8-11)10-13-5-4-12(15(17)18)7-14(13)16/h2-8H,9-10H2,1H3,(H3,17,18). The summed E-state index contributed by atoms with van der Waals surface area (Å²) in [6.07, 6.45) is 3.62.